The Morgan fingerprint density at radius 2 is 1.88 bits per heavy atom. The van der Waals surface area contributed by atoms with E-state index in [1.54, 1.807) is 7.05 Å². The first kappa shape index (κ1) is 16.6. The van der Waals surface area contributed by atoms with Crippen LogP contribution in [0.1, 0.15) is 6.42 Å². The summed E-state index contributed by atoms with van der Waals surface area (Å²) in [6, 6.07) is 5.32. The van der Waals surface area contributed by atoms with E-state index in [1.807, 2.05) is 0 Å². The number of amides is 1. The van der Waals surface area contributed by atoms with Gasteiger partial charge in [-0.1, -0.05) is 0 Å². The molecule has 0 spiro atoms. The van der Waals surface area contributed by atoms with E-state index in [0.717, 1.165) is 4.57 Å². The third-order valence-corrected chi connectivity index (χ3v) is 3.89. The smallest absolute Gasteiger partial charge is 0.328 e. The van der Waals surface area contributed by atoms with Gasteiger partial charge in [-0.3, -0.25) is 18.7 Å². The van der Waals surface area contributed by atoms with E-state index >= 15 is 0 Å². The highest BCUT2D eigenvalue weighted by molar-refractivity contribution is 5.90. The number of aromatic nitrogens is 4. The van der Waals surface area contributed by atoms with Crippen LogP contribution in [-0.2, 0) is 25.4 Å². The number of halogens is 1. The first-order chi connectivity index (χ1) is 11.9. The molecule has 3 aromatic rings. The Labute approximate surface area is 141 Å². The second-order valence-corrected chi connectivity index (χ2v) is 5.63. The number of hydrogen-bond donors (Lipinski definition) is 1. The molecule has 1 amide bonds. The number of anilines is 1. The van der Waals surface area contributed by atoms with Crippen molar-refractivity contribution in [3.05, 3.63) is 57.2 Å². The van der Waals surface area contributed by atoms with Crippen molar-refractivity contribution in [1.82, 2.24) is 18.7 Å². The summed E-state index contributed by atoms with van der Waals surface area (Å²) in [6.45, 7) is -0.0698. The van der Waals surface area contributed by atoms with E-state index in [2.05, 4.69) is 10.3 Å². The minimum Gasteiger partial charge on any atom is -0.328 e. The van der Waals surface area contributed by atoms with E-state index in [0.29, 0.717) is 16.9 Å². The molecule has 0 unspecified atom stereocenters. The van der Waals surface area contributed by atoms with Gasteiger partial charge < -0.3 is 9.88 Å². The molecule has 2 heterocycles. The number of aryl methyl sites for hydroxylation is 2. The summed E-state index contributed by atoms with van der Waals surface area (Å²) in [6.07, 6.45) is 1.38. The molecule has 0 bridgehead atoms. The predicted molar refractivity (Wildman–Crippen MR) is 89.9 cm³/mol. The number of nitrogens with one attached hydrogen (secondary N) is 1. The number of imidazole rings is 1. The van der Waals surface area contributed by atoms with Crippen LogP contribution in [0.4, 0.5) is 10.1 Å². The number of nitrogens with zero attached hydrogens (tertiary/aromatic N) is 4. The largest absolute Gasteiger partial charge is 0.332 e. The molecule has 2 aromatic heterocycles. The Balaban J connectivity index is 1.82. The van der Waals surface area contributed by atoms with Crippen molar-refractivity contribution in [2.75, 3.05) is 5.32 Å². The van der Waals surface area contributed by atoms with Gasteiger partial charge in [0.1, 0.15) is 5.82 Å². The molecule has 0 atom stereocenters. The lowest BCUT2D eigenvalue weighted by molar-refractivity contribution is -0.116. The fourth-order valence-corrected chi connectivity index (χ4v) is 2.56. The van der Waals surface area contributed by atoms with Gasteiger partial charge in [0.25, 0.3) is 5.56 Å². The molecule has 1 N–H and O–H groups in total. The maximum absolute atomic E-state index is 12.9. The summed E-state index contributed by atoms with van der Waals surface area (Å²) in [4.78, 5) is 40.9. The summed E-state index contributed by atoms with van der Waals surface area (Å²) in [5, 5.41) is 2.59. The van der Waals surface area contributed by atoms with Gasteiger partial charge in [-0.05, 0) is 24.3 Å². The quantitative estimate of drug-likeness (QED) is 0.750. The molecular weight excluding hydrogens is 329 g/mol. The molecule has 8 nitrogen and oxygen atoms in total. The van der Waals surface area contributed by atoms with E-state index in [4.69, 9.17) is 0 Å². The fraction of sp³-hybridized carbons (Fsp3) is 0.250. The van der Waals surface area contributed by atoms with E-state index < -0.39 is 17.1 Å². The van der Waals surface area contributed by atoms with Crippen molar-refractivity contribution in [1.29, 1.82) is 0 Å². The molecule has 1 aromatic carbocycles. The summed E-state index contributed by atoms with van der Waals surface area (Å²) in [7, 11) is 3.18. The Morgan fingerprint density at radius 3 is 2.56 bits per heavy atom. The van der Waals surface area contributed by atoms with Gasteiger partial charge in [0.05, 0.1) is 6.33 Å². The molecule has 9 heteroatoms. The van der Waals surface area contributed by atoms with Crippen LogP contribution in [0, 0.1) is 5.82 Å². The van der Waals surface area contributed by atoms with E-state index in [9.17, 15) is 18.8 Å². The molecule has 0 saturated heterocycles. The van der Waals surface area contributed by atoms with Crippen LogP contribution in [0.15, 0.2) is 40.2 Å². The molecule has 0 aliphatic carbocycles. The van der Waals surface area contributed by atoms with E-state index in [-0.39, 0.29) is 18.9 Å². The van der Waals surface area contributed by atoms with Gasteiger partial charge in [-0.15, -0.1) is 0 Å². The zero-order valence-electron chi connectivity index (χ0n) is 13.7. The second kappa shape index (κ2) is 6.34. The maximum Gasteiger partial charge on any atom is 0.332 e. The van der Waals surface area contributed by atoms with Gasteiger partial charge in [-0.25, -0.2) is 14.2 Å². The molecule has 25 heavy (non-hydrogen) atoms. The summed E-state index contributed by atoms with van der Waals surface area (Å²) in [5.74, 6) is -0.789. The Hall–Kier alpha value is -3.23. The average Bonchev–Trinajstić information content (AvgIpc) is 2.97. The Bertz CT molecular complexity index is 1060. The van der Waals surface area contributed by atoms with Gasteiger partial charge in [0, 0.05) is 32.7 Å². The molecule has 0 radical (unpaired) electrons. The summed E-state index contributed by atoms with van der Waals surface area (Å²) < 4.78 is 16.7. The first-order valence-electron chi connectivity index (χ1n) is 7.54. The number of carbonyl (C=O) groups excluding carboxylic acids is 1. The Kier molecular flexibility index (Phi) is 4.22. The topological polar surface area (TPSA) is 90.9 Å². The molecular formula is C16H16FN5O3. The molecule has 0 saturated carbocycles. The second-order valence-electron chi connectivity index (χ2n) is 5.63. The highest BCUT2D eigenvalue weighted by atomic mass is 19.1. The normalized spacial score (nSPS) is 11.0. The summed E-state index contributed by atoms with van der Waals surface area (Å²) in [5.41, 5.74) is -0.00208. The van der Waals surface area contributed by atoms with Crippen molar-refractivity contribution >= 4 is 22.8 Å². The van der Waals surface area contributed by atoms with Crippen LogP contribution in [0.5, 0.6) is 0 Å². The molecule has 3 rings (SSSR count). The third kappa shape index (κ3) is 3.08. The predicted octanol–water partition coefficient (Wildman–Crippen LogP) is 0.602. The number of benzene rings is 1. The monoisotopic (exact) mass is 345 g/mol. The van der Waals surface area contributed by atoms with Gasteiger partial charge in [-0.2, -0.15) is 0 Å². The van der Waals surface area contributed by atoms with Crippen LogP contribution in [0.2, 0.25) is 0 Å². The fourth-order valence-electron chi connectivity index (χ4n) is 2.56. The highest BCUT2D eigenvalue weighted by Crippen LogP contribution is 2.09. The molecule has 0 aliphatic rings. The van der Waals surface area contributed by atoms with Crippen molar-refractivity contribution < 1.29 is 9.18 Å². The van der Waals surface area contributed by atoms with Gasteiger partial charge in [0.2, 0.25) is 5.91 Å². The number of carbonyl (C=O) groups is 1. The van der Waals surface area contributed by atoms with E-state index in [1.165, 1.54) is 46.8 Å². The highest BCUT2D eigenvalue weighted by Gasteiger charge is 2.15. The van der Waals surface area contributed by atoms with Crippen molar-refractivity contribution in [3.63, 3.8) is 0 Å². The standard InChI is InChI=1S/C16H16FN5O3/c1-20-9-18-14-13(20)15(24)22(16(25)21(14)2)8-7-12(23)19-11-5-3-10(17)4-6-11/h3-6,9H,7-8H2,1-2H3,(H,19,23). The van der Waals surface area contributed by atoms with Crippen LogP contribution < -0.4 is 16.6 Å². The number of fused-ring (bicyclic) bond motifs is 1. The summed E-state index contributed by atoms with van der Waals surface area (Å²) >= 11 is 0. The lowest BCUT2D eigenvalue weighted by atomic mass is 10.3. The van der Waals surface area contributed by atoms with Crippen molar-refractivity contribution in [2.24, 2.45) is 14.1 Å². The van der Waals surface area contributed by atoms with Crippen LogP contribution in [0.3, 0.4) is 0 Å². The molecule has 0 fully saturated rings. The molecule has 0 aliphatic heterocycles. The van der Waals surface area contributed by atoms with Crippen molar-refractivity contribution in [3.8, 4) is 0 Å². The van der Waals surface area contributed by atoms with Gasteiger partial charge in [0.15, 0.2) is 11.2 Å². The Morgan fingerprint density at radius 1 is 1.20 bits per heavy atom. The average molecular weight is 345 g/mol. The minimum absolute atomic E-state index is 0.0698. The lowest BCUT2D eigenvalue weighted by Crippen LogP contribution is -2.40. The SMILES string of the molecule is Cn1cnc2c1c(=O)n(CCC(=O)Nc1ccc(F)cc1)c(=O)n2C. The van der Waals surface area contributed by atoms with Gasteiger partial charge >= 0.3 is 5.69 Å². The lowest BCUT2D eigenvalue weighted by Gasteiger charge is -2.09. The third-order valence-electron chi connectivity index (χ3n) is 3.89. The van der Waals surface area contributed by atoms with Crippen LogP contribution in [0.25, 0.3) is 11.2 Å². The maximum atomic E-state index is 12.9. The van der Waals surface area contributed by atoms with Crippen LogP contribution >= 0.6 is 0 Å². The van der Waals surface area contributed by atoms with Crippen LogP contribution in [-0.4, -0.2) is 24.6 Å². The zero-order chi connectivity index (χ0) is 18.1. The first-order valence-corrected chi connectivity index (χ1v) is 7.54. The number of rotatable bonds is 4. The number of hydrogen-bond acceptors (Lipinski definition) is 4. The molecule has 130 valence electrons. The minimum atomic E-state index is -0.536. The zero-order valence-corrected chi connectivity index (χ0v) is 13.7. The van der Waals surface area contributed by atoms with Crippen molar-refractivity contribution in [2.45, 2.75) is 13.0 Å².